The number of hydrogen-bond acceptors (Lipinski definition) is 4. The summed E-state index contributed by atoms with van der Waals surface area (Å²) in [4.78, 5) is 0. The zero-order chi connectivity index (χ0) is 14.1. The summed E-state index contributed by atoms with van der Waals surface area (Å²) < 4.78 is 10.4. The van der Waals surface area contributed by atoms with Gasteiger partial charge < -0.3 is 20.1 Å². The van der Waals surface area contributed by atoms with Gasteiger partial charge in [0.05, 0.1) is 0 Å². The molecule has 1 aromatic rings. The summed E-state index contributed by atoms with van der Waals surface area (Å²) >= 11 is 5.99. The highest BCUT2D eigenvalue weighted by molar-refractivity contribution is 6.36. The van der Waals surface area contributed by atoms with Crippen LogP contribution >= 0.6 is 11.6 Å². The third kappa shape index (κ3) is 6.30. The number of nitrogens with two attached hydrogens (primary N) is 1. The van der Waals surface area contributed by atoms with Gasteiger partial charge in [-0.05, 0) is 24.1 Å². The zero-order valence-electron chi connectivity index (χ0n) is 11.3. The standard InChI is InChI=1S/C13H21BClNO3/c1-2-3-4-5-8-18-14(17)19-12-7-6-11(10-16)13(15)9-12/h6-7,9,17H,2-5,8,10,16H2,1H3. The van der Waals surface area contributed by atoms with Crippen molar-refractivity contribution in [1.82, 2.24) is 0 Å². The van der Waals surface area contributed by atoms with E-state index in [1.165, 1.54) is 12.8 Å². The first kappa shape index (κ1) is 16.3. The van der Waals surface area contributed by atoms with E-state index in [9.17, 15) is 5.02 Å². The second-order valence-electron chi connectivity index (χ2n) is 4.31. The van der Waals surface area contributed by atoms with Crippen molar-refractivity contribution in [2.24, 2.45) is 5.73 Å². The molecule has 106 valence electrons. The van der Waals surface area contributed by atoms with Crippen LogP contribution in [0, 0.1) is 0 Å². The fraction of sp³-hybridized carbons (Fsp3) is 0.538. The third-order valence-electron chi connectivity index (χ3n) is 2.74. The minimum absolute atomic E-state index is 0.371. The summed E-state index contributed by atoms with van der Waals surface area (Å²) in [7, 11) is -1.26. The van der Waals surface area contributed by atoms with Gasteiger partial charge in [-0.2, -0.15) is 0 Å². The van der Waals surface area contributed by atoms with Crippen molar-refractivity contribution in [1.29, 1.82) is 0 Å². The third-order valence-corrected chi connectivity index (χ3v) is 3.09. The second-order valence-corrected chi connectivity index (χ2v) is 4.72. The normalized spacial score (nSPS) is 10.5. The summed E-state index contributed by atoms with van der Waals surface area (Å²) in [5.74, 6) is 0.461. The monoisotopic (exact) mass is 285 g/mol. The van der Waals surface area contributed by atoms with Crippen LogP contribution in [0.2, 0.25) is 5.02 Å². The Labute approximate surface area is 120 Å². The fourth-order valence-corrected chi connectivity index (χ4v) is 1.88. The Morgan fingerprint density at radius 3 is 2.74 bits per heavy atom. The molecule has 0 spiro atoms. The Morgan fingerprint density at radius 1 is 1.32 bits per heavy atom. The molecular formula is C13H21BClNO3. The molecule has 0 saturated carbocycles. The summed E-state index contributed by atoms with van der Waals surface area (Å²) in [5.41, 5.74) is 6.35. The fourth-order valence-electron chi connectivity index (χ4n) is 1.63. The molecule has 0 saturated heterocycles. The highest BCUT2D eigenvalue weighted by Gasteiger charge is 2.18. The minimum Gasteiger partial charge on any atom is -0.512 e. The lowest BCUT2D eigenvalue weighted by Gasteiger charge is -2.11. The van der Waals surface area contributed by atoms with Gasteiger partial charge >= 0.3 is 7.32 Å². The Kier molecular flexibility index (Phi) is 7.90. The molecule has 1 aromatic carbocycles. The molecule has 0 aliphatic rings. The largest absolute Gasteiger partial charge is 0.710 e. The Balaban J connectivity index is 2.31. The summed E-state index contributed by atoms with van der Waals surface area (Å²) in [5, 5.41) is 10.1. The molecule has 0 radical (unpaired) electrons. The van der Waals surface area contributed by atoms with Crippen molar-refractivity contribution < 1.29 is 14.3 Å². The first-order valence-corrected chi connectivity index (χ1v) is 7.00. The number of benzene rings is 1. The van der Waals surface area contributed by atoms with Gasteiger partial charge in [0.1, 0.15) is 5.75 Å². The average Bonchev–Trinajstić information content (AvgIpc) is 2.39. The van der Waals surface area contributed by atoms with Crippen LogP contribution in [0.1, 0.15) is 38.2 Å². The van der Waals surface area contributed by atoms with Crippen molar-refractivity contribution >= 4 is 18.9 Å². The van der Waals surface area contributed by atoms with Crippen LogP contribution in [0.25, 0.3) is 0 Å². The predicted octanol–water partition coefficient (Wildman–Crippen LogP) is 2.75. The number of rotatable bonds is 9. The maximum Gasteiger partial charge on any atom is 0.710 e. The van der Waals surface area contributed by atoms with E-state index in [1.807, 2.05) is 0 Å². The Morgan fingerprint density at radius 2 is 2.11 bits per heavy atom. The van der Waals surface area contributed by atoms with E-state index in [0.717, 1.165) is 18.4 Å². The first-order valence-electron chi connectivity index (χ1n) is 6.62. The minimum atomic E-state index is -1.26. The van der Waals surface area contributed by atoms with Crippen LogP contribution in [-0.2, 0) is 11.2 Å². The maximum atomic E-state index is 9.56. The van der Waals surface area contributed by atoms with Gasteiger partial charge in [0.25, 0.3) is 0 Å². The number of unbranched alkanes of at least 4 members (excludes halogenated alkanes) is 3. The van der Waals surface area contributed by atoms with Gasteiger partial charge in [-0.3, -0.25) is 0 Å². The van der Waals surface area contributed by atoms with Crippen molar-refractivity contribution in [3.63, 3.8) is 0 Å². The van der Waals surface area contributed by atoms with Gasteiger partial charge in [0.15, 0.2) is 0 Å². The topological polar surface area (TPSA) is 64.7 Å². The molecule has 4 nitrogen and oxygen atoms in total. The van der Waals surface area contributed by atoms with E-state index < -0.39 is 7.32 Å². The molecule has 0 aliphatic carbocycles. The molecule has 0 fully saturated rings. The molecule has 19 heavy (non-hydrogen) atoms. The van der Waals surface area contributed by atoms with E-state index in [0.29, 0.717) is 23.9 Å². The molecule has 6 heteroatoms. The highest BCUT2D eigenvalue weighted by Crippen LogP contribution is 2.22. The lowest BCUT2D eigenvalue weighted by molar-refractivity contribution is 0.189. The second kappa shape index (κ2) is 9.21. The molecule has 3 N–H and O–H groups in total. The molecule has 0 aromatic heterocycles. The van der Waals surface area contributed by atoms with E-state index in [1.54, 1.807) is 18.2 Å². The molecule has 1 rings (SSSR count). The number of halogens is 1. The van der Waals surface area contributed by atoms with Crippen LogP contribution in [0.15, 0.2) is 18.2 Å². The lowest BCUT2D eigenvalue weighted by Crippen LogP contribution is -2.26. The molecule has 0 heterocycles. The van der Waals surface area contributed by atoms with Crippen molar-refractivity contribution in [3.05, 3.63) is 28.8 Å². The van der Waals surface area contributed by atoms with Gasteiger partial charge in [0.2, 0.25) is 0 Å². The quantitative estimate of drug-likeness (QED) is 0.541. The average molecular weight is 286 g/mol. The van der Waals surface area contributed by atoms with E-state index in [4.69, 9.17) is 26.6 Å². The van der Waals surface area contributed by atoms with Crippen LogP contribution in [0.5, 0.6) is 5.75 Å². The maximum absolute atomic E-state index is 9.56. The Hall–Kier alpha value is -0.745. The van der Waals surface area contributed by atoms with Gasteiger partial charge in [-0.25, -0.2) is 0 Å². The lowest BCUT2D eigenvalue weighted by atomic mass is 10.2. The molecular weight excluding hydrogens is 264 g/mol. The van der Waals surface area contributed by atoms with Crippen molar-refractivity contribution in [2.45, 2.75) is 39.2 Å². The van der Waals surface area contributed by atoms with E-state index >= 15 is 0 Å². The number of hydrogen-bond donors (Lipinski definition) is 2. The van der Waals surface area contributed by atoms with Crippen molar-refractivity contribution in [3.8, 4) is 5.75 Å². The Bertz CT molecular complexity index is 379. The molecule has 0 amide bonds. The van der Waals surface area contributed by atoms with Crippen molar-refractivity contribution in [2.75, 3.05) is 6.61 Å². The molecule has 0 unspecified atom stereocenters. The predicted molar refractivity (Wildman–Crippen MR) is 78.0 cm³/mol. The van der Waals surface area contributed by atoms with Gasteiger partial charge in [-0.15, -0.1) is 0 Å². The van der Waals surface area contributed by atoms with Crippen LogP contribution in [-0.4, -0.2) is 19.0 Å². The van der Waals surface area contributed by atoms with Gasteiger partial charge in [0, 0.05) is 18.2 Å². The summed E-state index contributed by atoms with van der Waals surface area (Å²) in [6.07, 6.45) is 4.36. The smallest absolute Gasteiger partial charge is 0.512 e. The SMILES string of the molecule is CCCCCCOB(O)Oc1ccc(CN)c(Cl)c1. The molecule has 0 bridgehead atoms. The summed E-state index contributed by atoms with van der Waals surface area (Å²) in [6.45, 7) is 3.00. The van der Waals surface area contributed by atoms with E-state index in [-0.39, 0.29) is 0 Å². The highest BCUT2D eigenvalue weighted by atomic mass is 35.5. The van der Waals surface area contributed by atoms with E-state index in [2.05, 4.69) is 6.92 Å². The molecule has 0 atom stereocenters. The van der Waals surface area contributed by atoms with Crippen LogP contribution in [0.4, 0.5) is 0 Å². The van der Waals surface area contributed by atoms with Crippen LogP contribution in [0.3, 0.4) is 0 Å². The molecule has 0 aliphatic heterocycles. The van der Waals surface area contributed by atoms with Crippen LogP contribution < -0.4 is 10.4 Å². The summed E-state index contributed by atoms with van der Waals surface area (Å²) in [6, 6.07) is 5.09. The first-order chi connectivity index (χ1) is 9.17. The van der Waals surface area contributed by atoms with Gasteiger partial charge in [-0.1, -0.05) is 43.9 Å². The zero-order valence-corrected chi connectivity index (χ0v) is 12.0.